The molecule has 53 heavy (non-hydrogen) atoms. The molecule has 0 radical (unpaired) electrons. The number of hydrogen-bond donors (Lipinski definition) is 3. The fourth-order valence-corrected chi connectivity index (χ4v) is 11.6. The lowest BCUT2D eigenvalue weighted by atomic mass is 9.49. The molecule has 4 aliphatic rings. The van der Waals surface area contributed by atoms with Gasteiger partial charge in [0, 0.05) is 35.9 Å². The normalized spacial score (nSPS) is 21.8. The maximum atomic E-state index is 13.3. The van der Waals surface area contributed by atoms with Gasteiger partial charge in [0.1, 0.15) is 5.69 Å². The van der Waals surface area contributed by atoms with Crippen LogP contribution in [-0.2, 0) is 27.8 Å². The van der Waals surface area contributed by atoms with E-state index in [0.717, 1.165) is 74.3 Å². The van der Waals surface area contributed by atoms with Crippen molar-refractivity contribution in [2.45, 2.75) is 62.8 Å². The third kappa shape index (κ3) is 7.71. The number of nitro groups is 1. The number of carbonyl (C=O) groups is 2. The molecule has 0 unspecified atom stereocenters. The molecule has 3 N–H and O–H groups in total. The van der Waals surface area contributed by atoms with E-state index in [2.05, 4.69) is 15.4 Å². The topological polar surface area (TPSA) is 160 Å². The van der Waals surface area contributed by atoms with Gasteiger partial charge >= 0.3 is 0 Å². The molecule has 14 heteroatoms. The van der Waals surface area contributed by atoms with Crippen molar-refractivity contribution in [3.8, 4) is 11.1 Å². The van der Waals surface area contributed by atoms with Crippen LogP contribution in [0.2, 0.25) is 0 Å². The van der Waals surface area contributed by atoms with Gasteiger partial charge in [0.15, 0.2) is 0 Å². The number of thiophene rings is 1. The van der Waals surface area contributed by atoms with Crippen molar-refractivity contribution in [2.75, 3.05) is 11.9 Å². The summed E-state index contributed by atoms with van der Waals surface area (Å²) < 4.78 is 29.6. The highest BCUT2D eigenvalue weighted by atomic mass is 32.2. The van der Waals surface area contributed by atoms with Crippen LogP contribution in [0.1, 0.15) is 65.2 Å². The molecule has 4 saturated carbocycles. The first kappa shape index (κ1) is 35.4. The van der Waals surface area contributed by atoms with E-state index in [1.807, 2.05) is 35.7 Å². The van der Waals surface area contributed by atoms with Crippen molar-refractivity contribution >= 4 is 66.1 Å². The summed E-state index contributed by atoms with van der Waals surface area (Å²) in [5, 5.41) is 21.2. The van der Waals surface area contributed by atoms with Crippen LogP contribution >= 0.6 is 22.7 Å². The van der Waals surface area contributed by atoms with Gasteiger partial charge in [-0.15, -0.1) is 22.7 Å². The van der Waals surface area contributed by atoms with E-state index in [-0.39, 0.29) is 33.2 Å². The van der Waals surface area contributed by atoms with Gasteiger partial charge in [-0.25, -0.2) is 18.1 Å². The standard InChI is InChI=1S/C39H39N5O6S3/c45-36(40-22-30-2-1-13-51-30)11-12-37-42-33-17-29(7-10-35(33)52-37)27-3-5-28(6-4-27)38(46)43-53(49,50)31-8-9-32(34(18-31)44(47)48)41-23-39-19-24-14-25(20-39)16-26(15-24)21-39/h1-10,13,17-18,24-26,41H,11-12,14-16,19-23H2,(H,40,45)(H,43,46). The van der Waals surface area contributed by atoms with E-state index in [9.17, 15) is 28.1 Å². The monoisotopic (exact) mass is 769 g/mol. The minimum atomic E-state index is -4.40. The summed E-state index contributed by atoms with van der Waals surface area (Å²) in [5.74, 6) is 1.36. The second-order valence-electron chi connectivity index (χ2n) is 14.9. The van der Waals surface area contributed by atoms with E-state index >= 15 is 0 Å². The van der Waals surface area contributed by atoms with Crippen LogP contribution in [0.15, 0.2) is 83.1 Å². The van der Waals surface area contributed by atoms with Gasteiger partial charge in [-0.05, 0) is 121 Å². The number of sulfonamides is 1. The molecule has 4 bridgehead atoms. The summed E-state index contributed by atoms with van der Waals surface area (Å²) in [4.78, 5) is 42.4. The number of thiazole rings is 1. The number of aromatic nitrogens is 1. The molecule has 0 spiro atoms. The Morgan fingerprint density at radius 1 is 0.925 bits per heavy atom. The Morgan fingerprint density at radius 2 is 1.64 bits per heavy atom. The predicted molar refractivity (Wildman–Crippen MR) is 206 cm³/mol. The first-order valence-electron chi connectivity index (χ1n) is 17.9. The fraction of sp³-hybridized carbons (Fsp3) is 0.359. The Balaban J connectivity index is 0.892. The van der Waals surface area contributed by atoms with Crippen molar-refractivity contribution in [2.24, 2.45) is 23.2 Å². The molecule has 2 aromatic heterocycles. The first-order chi connectivity index (χ1) is 25.5. The fourth-order valence-electron chi connectivity index (χ4n) is 8.99. The molecular formula is C39H39N5O6S3. The van der Waals surface area contributed by atoms with Gasteiger partial charge < -0.3 is 10.6 Å². The lowest BCUT2D eigenvalue weighted by molar-refractivity contribution is -0.384. The van der Waals surface area contributed by atoms with Crippen LogP contribution in [0.4, 0.5) is 11.4 Å². The number of nitrogens with one attached hydrogen (secondary N) is 3. The van der Waals surface area contributed by atoms with Crippen molar-refractivity contribution in [1.29, 1.82) is 0 Å². The minimum absolute atomic E-state index is 0.0239. The molecule has 3 aromatic carbocycles. The number of fused-ring (bicyclic) bond motifs is 1. The van der Waals surface area contributed by atoms with Crippen LogP contribution in [0.25, 0.3) is 21.3 Å². The zero-order valence-corrected chi connectivity index (χ0v) is 31.3. The Morgan fingerprint density at radius 3 is 2.32 bits per heavy atom. The molecule has 9 rings (SSSR count). The van der Waals surface area contributed by atoms with Gasteiger partial charge in [-0.2, -0.15) is 0 Å². The van der Waals surface area contributed by atoms with Gasteiger partial charge in [-0.3, -0.25) is 19.7 Å². The maximum absolute atomic E-state index is 13.3. The second-order valence-corrected chi connectivity index (χ2v) is 18.7. The van der Waals surface area contributed by atoms with Crippen LogP contribution in [0, 0.1) is 33.3 Å². The zero-order valence-electron chi connectivity index (χ0n) is 28.9. The number of hydrogen-bond acceptors (Lipinski definition) is 10. The lowest BCUT2D eigenvalue weighted by Gasteiger charge is -2.57. The lowest BCUT2D eigenvalue weighted by Crippen LogP contribution is -2.49. The summed E-state index contributed by atoms with van der Waals surface area (Å²) >= 11 is 3.15. The Labute approximate surface area is 315 Å². The number of rotatable bonds is 13. The summed E-state index contributed by atoms with van der Waals surface area (Å²) in [6, 6.07) is 20.1. The van der Waals surface area contributed by atoms with Crippen molar-refractivity contribution in [1.82, 2.24) is 15.0 Å². The number of benzene rings is 3. The highest BCUT2D eigenvalue weighted by Crippen LogP contribution is 2.60. The van der Waals surface area contributed by atoms with Crippen molar-refractivity contribution in [3.05, 3.63) is 104 Å². The predicted octanol–water partition coefficient (Wildman–Crippen LogP) is 7.93. The van der Waals surface area contributed by atoms with Crippen molar-refractivity contribution < 1.29 is 22.9 Å². The maximum Gasteiger partial charge on any atom is 0.293 e. The molecular weight excluding hydrogens is 731 g/mol. The van der Waals surface area contributed by atoms with E-state index in [1.54, 1.807) is 34.8 Å². The average Bonchev–Trinajstić information content (AvgIpc) is 3.81. The van der Waals surface area contributed by atoms with Crippen LogP contribution < -0.4 is 15.4 Å². The summed E-state index contributed by atoms with van der Waals surface area (Å²) in [5.41, 5.74) is 2.68. The second kappa shape index (κ2) is 14.3. The summed E-state index contributed by atoms with van der Waals surface area (Å²) in [7, 11) is -4.40. The van der Waals surface area contributed by atoms with Gasteiger partial charge in [0.2, 0.25) is 5.91 Å². The van der Waals surface area contributed by atoms with Crippen LogP contribution in [0.3, 0.4) is 0 Å². The molecule has 274 valence electrons. The SMILES string of the molecule is O=C(CCc1nc2cc(-c3ccc(C(=O)NS(=O)(=O)c4ccc(NCC56CC7CC(CC(C7)C5)C6)c([N+](=O)[O-])c4)cc3)ccc2s1)NCc1cccs1. The van der Waals surface area contributed by atoms with Crippen LogP contribution in [0.5, 0.6) is 0 Å². The molecule has 4 fully saturated rings. The quantitative estimate of drug-likeness (QED) is 0.0804. The zero-order chi connectivity index (χ0) is 36.7. The third-order valence-electron chi connectivity index (χ3n) is 11.0. The number of nitrogens with zero attached hydrogens (tertiary/aromatic N) is 2. The first-order valence-corrected chi connectivity index (χ1v) is 21.1. The molecule has 0 aliphatic heterocycles. The summed E-state index contributed by atoms with van der Waals surface area (Å²) in [6.07, 6.45) is 8.20. The highest BCUT2D eigenvalue weighted by Gasteiger charge is 2.50. The molecule has 4 aliphatic carbocycles. The van der Waals surface area contributed by atoms with Crippen molar-refractivity contribution in [3.63, 3.8) is 0 Å². The summed E-state index contributed by atoms with van der Waals surface area (Å²) in [6.45, 7) is 1.15. The third-order valence-corrected chi connectivity index (χ3v) is 14.3. The molecule has 2 amide bonds. The Bertz CT molecular complexity index is 2270. The van der Waals surface area contributed by atoms with Crippen LogP contribution in [-0.4, -0.2) is 36.7 Å². The van der Waals surface area contributed by atoms with E-state index < -0.39 is 20.9 Å². The number of nitro benzene ring substituents is 1. The number of carbonyl (C=O) groups excluding carboxylic acids is 2. The average molecular weight is 770 g/mol. The highest BCUT2D eigenvalue weighted by molar-refractivity contribution is 7.90. The molecule has 0 atom stereocenters. The largest absolute Gasteiger partial charge is 0.379 e. The van der Waals surface area contributed by atoms with E-state index in [1.165, 1.54) is 43.5 Å². The van der Waals surface area contributed by atoms with Gasteiger partial charge in [0.25, 0.3) is 21.6 Å². The number of anilines is 1. The minimum Gasteiger partial charge on any atom is -0.379 e. The number of amides is 2. The van der Waals surface area contributed by atoms with Gasteiger partial charge in [0.05, 0.1) is 31.6 Å². The molecule has 0 saturated heterocycles. The molecule has 11 nitrogen and oxygen atoms in total. The smallest absolute Gasteiger partial charge is 0.293 e. The Kier molecular flexibility index (Phi) is 9.54. The molecule has 2 heterocycles. The van der Waals surface area contributed by atoms with E-state index in [0.29, 0.717) is 25.9 Å². The van der Waals surface area contributed by atoms with Gasteiger partial charge in [-0.1, -0.05) is 24.3 Å². The molecule has 5 aromatic rings. The number of aryl methyl sites for hydroxylation is 1. The Hall–Kier alpha value is -4.66. The van der Waals surface area contributed by atoms with E-state index in [4.69, 9.17) is 4.98 Å².